The summed E-state index contributed by atoms with van der Waals surface area (Å²) in [5.41, 5.74) is -0.0502. The third kappa shape index (κ3) is 4.44. The van der Waals surface area contributed by atoms with E-state index in [1.807, 2.05) is 20.8 Å². The first kappa shape index (κ1) is 14.6. The predicted octanol–water partition coefficient (Wildman–Crippen LogP) is 2.45. The highest BCUT2D eigenvalue weighted by molar-refractivity contribution is 7.09. The van der Waals surface area contributed by atoms with Crippen LogP contribution in [0.1, 0.15) is 55.7 Å². The summed E-state index contributed by atoms with van der Waals surface area (Å²) in [6, 6.07) is -0.266. The van der Waals surface area contributed by atoms with E-state index in [9.17, 15) is 9.59 Å². The Hall–Kier alpha value is -1.43. The highest BCUT2D eigenvalue weighted by Crippen LogP contribution is 2.21. The fourth-order valence-electron chi connectivity index (χ4n) is 1.42. The highest BCUT2D eigenvalue weighted by atomic mass is 32.1. The lowest BCUT2D eigenvalue weighted by molar-refractivity contribution is -0.123. The molecule has 1 atom stereocenters. The first-order valence-electron chi connectivity index (χ1n) is 5.67. The van der Waals surface area contributed by atoms with Gasteiger partial charge in [0, 0.05) is 11.8 Å². The van der Waals surface area contributed by atoms with Crippen LogP contribution >= 0.6 is 11.3 Å². The number of carbonyl (C=O) groups is 2. The molecule has 0 aliphatic rings. The summed E-state index contributed by atoms with van der Waals surface area (Å²) in [6.45, 7) is 7.76. The van der Waals surface area contributed by atoms with Crippen molar-refractivity contribution >= 4 is 23.2 Å². The summed E-state index contributed by atoms with van der Waals surface area (Å²) < 4.78 is 0. The van der Waals surface area contributed by atoms with Crippen molar-refractivity contribution in [3.8, 4) is 0 Å². The van der Waals surface area contributed by atoms with Gasteiger partial charge in [-0.15, -0.1) is 11.3 Å². The lowest BCUT2D eigenvalue weighted by Crippen LogP contribution is -2.29. The van der Waals surface area contributed by atoms with Crippen LogP contribution < -0.4 is 5.32 Å². The molecule has 0 radical (unpaired) electrons. The van der Waals surface area contributed by atoms with Gasteiger partial charge in [0.2, 0.25) is 5.91 Å². The molecule has 0 aliphatic carbocycles. The number of aromatic nitrogens is 1. The van der Waals surface area contributed by atoms with Gasteiger partial charge in [-0.1, -0.05) is 20.8 Å². The van der Waals surface area contributed by atoms with Crippen LogP contribution in [0.2, 0.25) is 0 Å². The largest absolute Gasteiger partial charge is 0.476 e. The Labute approximate surface area is 110 Å². The molecule has 0 aliphatic heterocycles. The average molecular weight is 270 g/mol. The lowest BCUT2D eigenvalue weighted by atomic mass is 9.92. The SMILES string of the molecule is CC(NC(=O)CC(C)(C)C)c1nc(C(=O)O)cs1. The highest BCUT2D eigenvalue weighted by Gasteiger charge is 2.19. The number of nitrogens with zero attached hydrogens (tertiary/aromatic N) is 1. The zero-order valence-corrected chi connectivity index (χ0v) is 11.8. The number of carbonyl (C=O) groups excluding carboxylic acids is 1. The normalized spacial score (nSPS) is 13.1. The van der Waals surface area contributed by atoms with Crippen LogP contribution in [0.3, 0.4) is 0 Å². The third-order valence-electron chi connectivity index (χ3n) is 2.18. The van der Waals surface area contributed by atoms with Crippen molar-refractivity contribution in [1.29, 1.82) is 0 Å². The molecule has 18 heavy (non-hydrogen) atoms. The molecule has 0 spiro atoms. The van der Waals surface area contributed by atoms with Gasteiger partial charge in [-0.25, -0.2) is 9.78 Å². The van der Waals surface area contributed by atoms with Crippen LogP contribution in [0.15, 0.2) is 5.38 Å². The Morgan fingerprint density at radius 1 is 1.50 bits per heavy atom. The average Bonchev–Trinajstić information content (AvgIpc) is 2.62. The molecular weight excluding hydrogens is 252 g/mol. The molecular formula is C12H18N2O3S. The molecule has 5 nitrogen and oxygen atoms in total. The number of nitrogens with one attached hydrogen (secondary N) is 1. The molecule has 1 heterocycles. The number of aromatic carboxylic acids is 1. The second kappa shape index (κ2) is 5.48. The number of hydrogen-bond acceptors (Lipinski definition) is 4. The maximum atomic E-state index is 11.7. The van der Waals surface area contributed by atoms with E-state index >= 15 is 0 Å². The monoisotopic (exact) mass is 270 g/mol. The van der Waals surface area contributed by atoms with Gasteiger partial charge in [0.05, 0.1) is 6.04 Å². The van der Waals surface area contributed by atoms with Gasteiger partial charge in [-0.2, -0.15) is 0 Å². The Bertz CT molecular complexity index is 448. The van der Waals surface area contributed by atoms with E-state index in [4.69, 9.17) is 5.11 Å². The smallest absolute Gasteiger partial charge is 0.355 e. The molecule has 0 aromatic carbocycles. The Morgan fingerprint density at radius 2 is 2.11 bits per heavy atom. The van der Waals surface area contributed by atoms with Crippen molar-refractivity contribution < 1.29 is 14.7 Å². The minimum Gasteiger partial charge on any atom is -0.476 e. The zero-order valence-electron chi connectivity index (χ0n) is 11.0. The molecule has 100 valence electrons. The fraction of sp³-hybridized carbons (Fsp3) is 0.583. The maximum absolute atomic E-state index is 11.7. The van der Waals surface area contributed by atoms with Gasteiger partial charge < -0.3 is 10.4 Å². The number of carboxylic acid groups (broad SMARTS) is 1. The van der Waals surface area contributed by atoms with E-state index in [0.717, 1.165) is 0 Å². The Morgan fingerprint density at radius 3 is 2.56 bits per heavy atom. The summed E-state index contributed by atoms with van der Waals surface area (Å²) >= 11 is 1.24. The molecule has 6 heteroatoms. The molecule has 1 aromatic rings. The molecule has 2 N–H and O–H groups in total. The van der Waals surface area contributed by atoms with Gasteiger partial charge in [-0.3, -0.25) is 4.79 Å². The molecule has 0 fully saturated rings. The van der Waals surface area contributed by atoms with Crippen LogP contribution in [0, 0.1) is 5.41 Å². The molecule has 0 saturated heterocycles. The first-order valence-corrected chi connectivity index (χ1v) is 6.55. The Balaban J connectivity index is 2.62. The van der Waals surface area contributed by atoms with Crippen LogP contribution in [0.5, 0.6) is 0 Å². The molecule has 0 bridgehead atoms. The lowest BCUT2D eigenvalue weighted by Gasteiger charge is -2.19. The molecule has 1 aromatic heterocycles. The van der Waals surface area contributed by atoms with E-state index < -0.39 is 5.97 Å². The van der Waals surface area contributed by atoms with Crippen molar-refractivity contribution in [3.63, 3.8) is 0 Å². The third-order valence-corrected chi connectivity index (χ3v) is 3.21. The van der Waals surface area contributed by atoms with E-state index in [-0.39, 0.29) is 23.1 Å². The summed E-state index contributed by atoms with van der Waals surface area (Å²) in [6.07, 6.45) is 0.425. The van der Waals surface area contributed by atoms with Crippen molar-refractivity contribution in [2.24, 2.45) is 5.41 Å². The quantitative estimate of drug-likeness (QED) is 0.880. The molecule has 1 amide bonds. The maximum Gasteiger partial charge on any atom is 0.355 e. The Kier molecular flexibility index (Phi) is 4.45. The van der Waals surface area contributed by atoms with Crippen molar-refractivity contribution in [3.05, 3.63) is 16.1 Å². The number of amides is 1. The molecule has 1 unspecified atom stereocenters. The second-order valence-corrected chi connectivity index (χ2v) is 6.29. The summed E-state index contributed by atoms with van der Waals surface area (Å²) in [5.74, 6) is -1.10. The van der Waals surface area contributed by atoms with E-state index in [0.29, 0.717) is 11.4 Å². The minimum absolute atomic E-state index is 0.0203. The number of carboxylic acids is 1. The number of rotatable bonds is 4. The van der Waals surface area contributed by atoms with Gasteiger partial charge >= 0.3 is 5.97 Å². The van der Waals surface area contributed by atoms with Gasteiger partial charge in [0.15, 0.2) is 5.69 Å². The van der Waals surface area contributed by atoms with E-state index in [2.05, 4.69) is 10.3 Å². The standard InChI is InChI=1S/C12H18N2O3S/c1-7(13-9(15)5-12(2,3)4)10-14-8(6-18-10)11(16)17/h6-7H,5H2,1-4H3,(H,13,15)(H,16,17). The van der Waals surface area contributed by atoms with Crippen LogP contribution in [-0.2, 0) is 4.79 Å². The van der Waals surface area contributed by atoms with Gasteiger partial charge in [0.25, 0.3) is 0 Å². The van der Waals surface area contributed by atoms with Gasteiger partial charge in [0.1, 0.15) is 5.01 Å². The van der Waals surface area contributed by atoms with Crippen LogP contribution in [0.25, 0.3) is 0 Å². The predicted molar refractivity (Wildman–Crippen MR) is 69.7 cm³/mol. The zero-order chi connectivity index (χ0) is 13.9. The number of hydrogen-bond donors (Lipinski definition) is 2. The number of thiazole rings is 1. The van der Waals surface area contributed by atoms with Gasteiger partial charge in [-0.05, 0) is 12.3 Å². The van der Waals surface area contributed by atoms with Crippen molar-refractivity contribution in [2.75, 3.05) is 0 Å². The van der Waals surface area contributed by atoms with Crippen molar-refractivity contribution in [1.82, 2.24) is 10.3 Å². The molecule has 1 rings (SSSR count). The summed E-state index contributed by atoms with van der Waals surface area (Å²) in [4.78, 5) is 26.4. The minimum atomic E-state index is -1.05. The summed E-state index contributed by atoms with van der Waals surface area (Å²) in [5, 5.41) is 13.7. The topological polar surface area (TPSA) is 79.3 Å². The molecule has 0 saturated carbocycles. The fourth-order valence-corrected chi connectivity index (χ4v) is 2.22. The summed E-state index contributed by atoms with van der Waals surface area (Å²) in [7, 11) is 0. The van der Waals surface area contributed by atoms with E-state index in [1.54, 1.807) is 6.92 Å². The first-order chi connectivity index (χ1) is 8.19. The van der Waals surface area contributed by atoms with Crippen LogP contribution in [0.4, 0.5) is 0 Å². The second-order valence-electron chi connectivity index (χ2n) is 5.40. The van der Waals surface area contributed by atoms with E-state index in [1.165, 1.54) is 16.7 Å². The van der Waals surface area contributed by atoms with Crippen molar-refractivity contribution in [2.45, 2.75) is 40.2 Å². The van der Waals surface area contributed by atoms with Crippen LogP contribution in [-0.4, -0.2) is 22.0 Å².